The Hall–Kier alpha value is -2.53. The minimum Gasteiger partial charge on any atom is -0.349 e. The number of rotatable bonds is 7. The predicted molar refractivity (Wildman–Crippen MR) is 128 cm³/mol. The fourth-order valence-corrected chi connectivity index (χ4v) is 4.38. The first-order chi connectivity index (χ1) is 16.7. The van der Waals surface area contributed by atoms with E-state index in [1.165, 1.54) is 12.1 Å². The van der Waals surface area contributed by atoms with Crippen molar-refractivity contribution in [3.05, 3.63) is 81.9 Å². The van der Waals surface area contributed by atoms with E-state index in [1.807, 2.05) is 6.92 Å². The van der Waals surface area contributed by atoms with Gasteiger partial charge in [-0.1, -0.05) is 30.7 Å². The van der Waals surface area contributed by atoms with E-state index >= 15 is 0 Å². The van der Waals surface area contributed by atoms with E-state index in [9.17, 15) is 17.6 Å². The van der Waals surface area contributed by atoms with E-state index in [0.717, 1.165) is 29.1 Å². The molecule has 2 heterocycles. The van der Waals surface area contributed by atoms with Crippen LogP contribution in [0, 0.1) is 12.7 Å². The van der Waals surface area contributed by atoms with Gasteiger partial charge in [-0.05, 0) is 55.7 Å². The van der Waals surface area contributed by atoms with Crippen LogP contribution in [0.15, 0.2) is 42.5 Å². The van der Waals surface area contributed by atoms with Crippen LogP contribution in [0.1, 0.15) is 59.6 Å². The van der Waals surface area contributed by atoms with E-state index in [0.29, 0.717) is 37.2 Å². The number of morpholine rings is 1. The Morgan fingerprint density at radius 2 is 1.83 bits per heavy atom. The summed E-state index contributed by atoms with van der Waals surface area (Å²) in [7, 11) is 0. The van der Waals surface area contributed by atoms with Crippen LogP contribution in [-0.2, 0) is 28.6 Å². The van der Waals surface area contributed by atoms with Crippen molar-refractivity contribution in [1.82, 2.24) is 20.3 Å². The van der Waals surface area contributed by atoms with Gasteiger partial charge in [0.05, 0.1) is 35.7 Å². The third kappa shape index (κ3) is 6.42. The van der Waals surface area contributed by atoms with Crippen LogP contribution in [-0.4, -0.2) is 39.8 Å². The molecule has 6 nitrogen and oxygen atoms in total. The predicted octanol–water partition coefficient (Wildman–Crippen LogP) is 5.93. The second-order valence-electron chi connectivity index (χ2n) is 8.69. The summed E-state index contributed by atoms with van der Waals surface area (Å²) in [6, 6.07) is 9.53. The zero-order chi connectivity index (χ0) is 25.2. The van der Waals surface area contributed by atoms with Crippen molar-refractivity contribution >= 4 is 12.4 Å². The molecule has 2 aromatic carbocycles. The molecule has 0 amide bonds. The van der Waals surface area contributed by atoms with Gasteiger partial charge in [0.15, 0.2) is 6.29 Å². The lowest BCUT2D eigenvalue weighted by Crippen LogP contribution is -2.46. The van der Waals surface area contributed by atoms with Crippen molar-refractivity contribution in [1.29, 1.82) is 0 Å². The standard InChI is InChI=1S/C25H28F4N4O2.ClH/c1-4-21-22(31-32-30-21)14-33-9-10-34-24(23(33)17-5-7-20(26)8-6-17)35-16(3)18-11-15(2)12-19(13-18)25(27,28)29;/h5-8,11-13,16,23-24H,4,9-10,14H2,1-3H3,(H,30,31,32);1H/t16-,23?,24-;/m1./s1. The number of H-pyrrole nitrogens is 1. The summed E-state index contributed by atoms with van der Waals surface area (Å²) in [6.07, 6.45) is -5.22. The fraction of sp³-hybridized carbons (Fsp3) is 0.440. The number of aromatic nitrogens is 3. The number of benzene rings is 2. The molecular weight excluding hydrogens is 500 g/mol. The smallest absolute Gasteiger partial charge is 0.349 e. The van der Waals surface area contributed by atoms with Gasteiger partial charge in [0, 0.05) is 13.1 Å². The molecule has 1 N–H and O–H groups in total. The third-order valence-electron chi connectivity index (χ3n) is 6.15. The first-order valence-electron chi connectivity index (χ1n) is 11.5. The van der Waals surface area contributed by atoms with E-state index in [2.05, 4.69) is 20.3 Å². The average molecular weight is 529 g/mol. The second kappa shape index (κ2) is 11.7. The van der Waals surface area contributed by atoms with E-state index in [-0.39, 0.29) is 18.2 Å². The van der Waals surface area contributed by atoms with Crippen LogP contribution in [0.3, 0.4) is 0 Å². The maximum Gasteiger partial charge on any atom is 0.416 e. The molecule has 1 saturated heterocycles. The zero-order valence-corrected chi connectivity index (χ0v) is 21.0. The lowest BCUT2D eigenvalue weighted by Gasteiger charge is -2.41. The molecule has 0 spiro atoms. The largest absolute Gasteiger partial charge is 0.416 e. The van der Waals surface area contributed by atoms with Gasteiger partial charge in [-0.2, -0.15) is 28.6 Å². The minimum atomic E-state index is -4.45. The Kier molecular flexibility index (Phi) is 9.10. The number of hydrogen-bond acceptors (Lipinski definition) is 5. The van der Waals surface area contributed by atoms with Gasteiger partial charge >= 0.3 is 6.18 Å². The second-order valence-corrected chi connectivity index (χ2v) is 8.69. The number of nitrogens with one attached hydrogen (secondary N) is 1. The molecule has 1 aliphatic rings. The van der Waals surface area contributed by atoms with Crippen LogP contribution in [0.5, 0.6) is 0 Å². The summed E-state index contributed by atoms with van der Waals surface area (Å²) < 4.78 is 66.0. The zero-order valence-electron chi connectivity index (χ0n) is 20.2. The van der Waals surface area contributed by atoms with Crippen LogP contribution in [0.25, 0.3) is 0 Å². The Balaban J connectivity index is 0.00000361. The van der Waals surface area contributed by atoms with Gasteiger partial charge in [-0.3, -0.25) is 4.90 Å². The molecule has 196 valence electrons. The molecule has 36 heavy (non-hydrogen) atoms. The van der Waals surface area contributed by atoms with Crippen molar-refractivity contribution in [2.45, 2.75) is 58.3 Å². The van der Waals surface area contributed by atoms with Crippen LogP contribution in [0.2, 0.25) is 0 Å². The summed E-state index contributed by atoms with van der Waals surface area (Å²) >= 11 is 0. The summed E-state index contributed by atoms with van der Waals surface area (Å²) in [5, 5.41) is 11.1. The molecule has 0 bridgehead atoms. The van der Waals surface area contributed by atoms with Crippen molar-refractivity contribution in [3.63, 3.8) is 0 Å². The first-order valence-corrected chi connectivity index (χ1v) is 11.5. The van der Waals surface area contributed by atoms with Crippen molar-refractivity contribution in [3.8, 4) is 0 Å². The molecule has 0 saturated carbocycles. The Labute approximate surface area is 213 Å². The number of aryl methyl sites for hydroxylation is 2. The monoisotopic (exact) mass is 528 g/mol. The van der Waals surface area contributed by atoms with Gasteiger partial charge in [-0.25, -0.2) is 4.39 Å². The lowest BCUT2D eigenvalue weighted by atomic mass is 10.0. The van der Waals surface area contributed by atoms with Crippen LogP contribution >= 0.6 is 12.4 Å². The highest BCUT2D eigenvalue weighted by molar-refractivity contribution is 5.85. The van der Waals surface area contributed by atoms with Crippen LogP contribution < -0.4 is 0 Å². The number of aromatic amines is 1. The van der Waals surface area contributed by atoms with Gasteiger partial charge in [0.1, 0.15) is 5.82 Å². The van der Waals surface area contributed by atoms with Gasteiger partial charge in [0.25, 0.3) is 0 Å². The van der Waals surface area contributed by atoms with Crippen molar-refractivity contribution in [2.24, 2.45) is 0 Å². The normalized spacial score (nSPS) is 19.6. The maximum atomic E-state index is 13.7. The molecular formula is C25H29ClF4N4O2. The minimum absolute atomic E-state index is 0. The Morgan fingerprint density at radius 3 is 2.50 bits per heavy atom. The number of halogens is 5. The number of ether oxygens (including phenoxy) is 2. The summed E-state index contributed by atoms with van der Waals surface area (Å²) in [6.45, 7) is 6.69. The van der Waals surface area contributed by atoms with Gasteiger partial charge in [0.2, 0.25) is 0 Å². The highest BCUT2D eigenvalue weighted by Gasteiger charge is 2.37. The number of hydrogen-bond donors (Lipinski definition) is 1. The molecule has 1 fully saturated rings. The highest BCUT2D eigenvalue weighted by atomic mass is 35.5. The first kappa shape index (κ1) is 28.0. The number of alkyl halides is 3. The van der Waals surface area contributed by atoms with Crippen LogP contribution in [0.4, 0.5) is 17.6 Å². The van der Waals surface area contributed by atoms with Crippen molar-refractivity contribution < 1.29 is 27.0 Å². The third-order valence-corrected chi connectivity index (χ3v) is 6.15. The topological polar surface area (TPSA) is 63.3 Å². The van der Waals surface area contributed by atoms with E-state index in [1.54, 1.807) is 32.0 Å². The molecule has 11 heteroatoms. The van der Waals surface area contributed by atoms with Gasteiger partial charge < -0.3 is 9.47 Å². The number of nitrogens with zero attached hydrogens (tertiary/aromatic N) is 3. The van der Waals surface area contributed by atoms with E-state index < -0.39 is 30.2 Å². The fourth-order valence-electron chi connectivity index (χ4n) is 4.38. The summed E-state index contributed by atoms with van der Waals surface area (Å²) in [5.41, 5.74) is 2.58. The van der Waals surface area contributed by atoms with Gasteiger partial charge in [-0.15, -0.1) is 12.4 Å². The SMILES string of the molecule is CCc1n[nH]nc1CN1CCO[C@H](O[C@H](C)c2cc(C)cc(C(F)(F)F)c2)C1c1ccc(F)cc1.Cl. The molecule has 1 unspecified atom stereocenters. The molecule has 3 atom stereocenters. The summed E-state index contributed by atoms with van der Waals surface area (Å²) in [4.78, 5) is 2.11. The quantitative estimate of drug-likeness (QED) is 0.385. The molecule has 3 aromatic rings. The Morgan fingerprint density at radius 1 is 1.14 bits per heavy atom. The molecule has 4 rings (SSSR count). The lowest BCUT2D eigenvalue weighted by molar-refractivity contribution is -0.231. The van der Waals surface area contributed by atoms with E-state index in [4.69, 9.17) is 9.47 Å². The Bertz CT molecular complexity index is 1140. The van der Waals surface area contributed by atoms with Crippen molar-refractivity contribution in [2.75, 3.05) is 13.2 Å². The summed E-state index contributed by atoms with van der Waals surface area (Å²) in [5.74, 6) is -0.368. The molecule has 0 aliphatic carbocycles. The molecule has 1 aliphatic heterocycles. The molecule has 0 radical (unpaired) electrons. The maximum absolute atomic E-state index is 13.7. The average Bonchev–Trinajstić information content (AvgIpc) is 3.26. The molecule has 1 aromatic heterocycles. The highest BCUT2D eigenvalue weighted by Crippen LogP contribution is 2.37.